The van der Waals surface area contributed by atoms with Crippen molar-refractivity contribution in [2.75, 3.05) is 31.8 Å². The lowest BCUT2D eigenvalue weighted by Gasteiger charge is -2.17. The van der Waals surface area contributed by atoms with E-state index in [1.807, 2.05) is 0 Å². The second-order valence-corrected chi connectivity index (χ2v) is 6.95. The van der Waals surface area contributed by atoms with Crippen LogP contribution in [0.5, 0.6) is 5.75 Å². The summed E-state index contributed by atoms with van der Waals surface area (Å²) in [6.07, 6.45) is 2.60. The van der Waals surface area contributed by atoms with E-state index in [9.17, 15) is 13.2 Å². The molecule has 0 bridgehead atoms. The van der Waals surface area contributed by atoms with E-state index in [2.05, 4.69) is 11.9 Å². The molecule has 0 atom stereocenters. The third-order valence-electron chi connectivity index (χ3n) is 2.83. The van der Waals surface area contributed by atoms with Crippen LogP contribution in [0.1, 0.15) is 6.42 Å². The average molecular weight is 347 g/mol. The van der Waals surface area contributed by atoms with Crippen molar-refractivity contribution >= 4 is 33.2 Å². The third-order valence-corrected chi connectivity index (χ3v) is 4.39. The molecule has 0 radical (unpaired) electrons. The molecule has 0 aromatic heterocycles. The standard InChI is InChI=1S/C14H19ClN2O4S/c1-4-8-17(22(3,19)20)9-7-14(18)16-11-5-6-13(21-2)12(15)10-11/h4-6,10H,1,7-9H2,2-3H3,(H,16,18). The van der Waals surface area contributed by atoms with Gasteiger partial charge in [0.1, 0.15) is 5.75 Å². The quantitative estimate of drug-likeness (QED) is 0.731. The highest BCUT2D eigenvalue weighted by Crippen LogP contribution is 2.27. The van der Waals surface area contributed by atoms with Crippen molar-refractivity contribution in [2.24, 2.45) is 0 Å². The fourth-order valence-electron chi connectivity index (χ4n) is 1.73. The molecule has 1 rings (SSSR count). The van der Waals surface area contributed by atoms with Gasteiger partial charge < -0.3 is 10.1 Å². The lowest BCUT2D eigenvalue weighted by Crippen LogP contribution is -2.33. The van der Waals surface area contributed by atoms with Crippen molar-refractivity contribution in [3.63, 3.8) is 0 Å². The van der Waals surface area contributed by atoms with E-state index in [0.29, 0.717) is 16.5 Å². The first-order valence-corrected chi connectivity index (χ1v) is 8.70. The number of methoxy groups -OCH3 is 1. The van der Waals surface area contributed by atoms with Gasteiger partial charge in [-0.1, -0.05) is 17.7 Å². The molecule has 0 aliphatic rings. The Morgan fingerprint density at radius 3 is 2.68 bits per heavy atom. The maximum atomic E-state index is 11.9. The van der Waals surface area contributed by atoms with Crippen LogP contribution in [0.3, 0.4) is 0 Å². The average Bonchev–Trinajstić information content (AvgIpc) is 2.42. The minimum Gasteiger partial charge on any atom is -0.495 e. The maximum Gasteiger partial charge on any atom is 0.225 e. The monoisotopic (exact) mass is 346 g/mol. The smallest absolute Gasteiger partial charge is 0.225 e. The van der Waals surface area contributed by atoms with Gasteiger partial charge in [0.05, 0.1) is 18.4 Å². The summed E-state index contributed by atoms with van der Waals surface area (Å²) in [7, 11) is -1.87. The zero-order valence-electron chi connectivity index (χ0n) is 12.5. The third kappa shape index (κ3) is 5.67. The van der Waals surface area contributed by atoms with Crippen LogP contribution in [0, 0.1) is 0 Å². The highest BCUT2D eigenvalue weighted by molar-refractivity contribution is 7.88. The van der Waals surface area contributed by atoms with Gasteiger partial charge in [-0.15, -0.1) is 6.58 Å². The lowest BCUT2D eigenvalue weighted by molar-refractivity contribution is -0.116. The van der Waals surface area contributed by atoms with E-state index >= 15 is 0 Å². The molecule has 22 heavy (non-hydrogen) atoms. The predicted octanol–water partition coefficient (Wildman–Crippen LogP) is 2.12. The molecule has 6 nitrogen and oxygen atoms in total. The summed E-state index contributed by atoms with van der Waals surface area (Å²) in [5.74, 6) is 0.202. The van der Waals surface area contributed by atoms with Crippen LogP contribution in [0.4, 0.5) is 5.69 Å². The first-order valence-electron chi connectivity index (χ1n) is 6.47. The van der Waals surface area contributed by atoms with Crippen LogP contribution in [-0.4, -0.2) is 45.1 Å². The van der Waals surface area contributed by atoms with Gasteiger partial charge >= 0.3 is 0 Å². The van der Waals surface area contributed by atoms with Gasteiger partial charge in [-0.05, 0) is 18.2 Å². The Balaban J connectivity index is 2.62. The van der Waals surface area contributed by atoms with Gasteiger partial charge in [0.15, 0.2) is 0 Å². The summed E-state index contributed by atoms with van der Waals surface area (Å²) in [4.78, 5) is 11.9. The first-order chi connectivity index (χ1) is 10.3. The van der Waals surface area contributed by atoms with Gasteiger partial charge in [0.25, 0.3) is 0 Å². The maximum absolute atomic E-state index is 11.9. The molecule has 0 saturated carbocycles. The number of ether oxygens (including phenoxy) is 1. The molecule has 0 aliphatic heterocycles. The van der Waals surface area contributed by atoms with Crippen molar-refractivity contribution in [3.05, 3.63) is 35.9 Å². The number of hydrogen-bond donors (Lipinski definition) is 1. The SMILES string of the molecule is C=CCN(CCC(=O)Nc1ccc(OC)c(Cl)c1)S(C)(=O)=O. The first kappa shape index (κ1) is 18.5. The molecular weight excluding hydrogens is 328 g/mol. The summed E-state index contributed by atoms with van der Waals surface area (Å²) in [6.45, 7) is 3.75. The van der Waals surface area contributed by atoms with E-state index in [0.717, 1.165) is 6.26 Å². The Morgan fingerprint density at radius 1 is 1.50 bits per heavy atom. The molecule has 1 aromatic carbocycles. The number of anilines is 1. The molecule has 1 N–H and O–H groups in total. The molecule has 122 valence electrons. The molecule has 0 heterocycles. The van der Waals surface area contributed by atoms with Crippen molar-refractivity contribution < 1.29 is 17.9 Å². The molecular formula is C14H19ClN2O4S. The molecule has 8 heteroatoms. The van der Waals surface area contributed by atoms with Crippen molar-refractivity contribution in [1.82, 2.24) is 4.31 Å². The molecule has 1 amide bonds. The van der Waals surface area contributed by atoms with Gasteiger partial charge in [0, 0.05) is 25.2 Å². The number of sulfonamides is 1. The molecule has 0 saturated heterocycles. The largest absolute Gasteiger partial charge is 0.495 e. The van der Waals surface area contributed by atoms with Crippen LogP contribution < -0.4 is 10.1 Å². The Morgan fingerprint density at radius 2 is 2.18 bits per heavy atom. The number of carbonyl (C=O) groups excluding carboxylic acids is 1. The second-order valence-electron chi connectivity index (χ2n) is 4.56. The number of amides is 1. The number of carbonyl (C=O) groups is 1. The molecule has 0 spiro atoms. The number of benzene rings is 1. The van der Waals surface area contributed by atoms with E-state index < -0.39 is 10.0 Å². The van der Waals surface area contributed by atoms with Crippen LogP contribution in [0.15, 0.2) is 30.9 Å². The number of hydrogen-bond acceptors (Lipinski definition) is 4. The fraction of sp³-hybridized carbons (Fsp3) is 0.357. The second kappa shape index (κ2) is 8.17. The predicted molar refractivity (Wildman–Crippen MR) is 87.9 cm³/mol. The number of nitrogens with one attached hydrogen (secondary N) is 1. The Bertz CT molecular complexity index is 646. The Hall–Kier alpha value is -1.57. The summed E-state index contributed by atoms with van der Waals surface area (Å²) < 4.78 is 29.2. The molecule has 0 aliphatic carbocycles. The normalized spacial score (nSPS) is 11.3. The van der Waals surface area contributed by atoms with Gasteiger partial charge in [-0.3, -0.25) is 4.79 Å². The van der Waals surface area contributed by atoms with Crippen molar-refractivity contribution in [3.8, 4) is 5.75 Å². The van der Waals surface area contributed by atoms with E-state index in [4.69, 9.17) is 16.3 Å². The van der Waals surface area contributed by atoms with Gasteiger partial charge in [0.2, 0.25) is 15.9 Å². The number of nitrogens with zero attached hydrogens (tertiary/aromatic N) is 1. The zero-order valence-corrected chi connectivity index (χ0v) is 14.1. The minimum absolute atomic E-state index is 0.0323. The summed E-state index contributed by atoms with van der Waals surface area (Å²) >= 11 is 5.97. The number of halogens is 1. The Labute approximate surface area is 135 Å². The highest BCUT2D eigenvalue weighted by atomic mass is 35.5. The zero-order chi connectivity index (χ0) is 16.8. The topological polar surface area (TPSA) is 75.7 Å². The van der Waals surface area contributed by atoms with E-state index in [1.165, 1.54) is 17.5 Å². The summed E-state index contributed by atoms with van der Waals surface area (Å²) in [6, 6.07) is 4.86. The summed E-state index contributed by atoms with van der Waals surface area (Å²) in [5, 5.41) is 3.04. The lowest BCUT2D eigenvalue weighted by atomic mass is 10.3. The minimum atomic E-state index is -3.37. The van der Waals surface area contributed by atoms with E-state index in [1.54, 1.807) is 18.2 Å². The molecule has 0 unspecified atom stereocenters. The summed E-state index contributed by atoms with van der Waals surface area (Å²) in [5.41, 5.74) is 0.519. The fourth-order valence-corrected chi connectivity index (χ4v) is 2.79. The van der Waals surface area contributed by atoms with Crippen LogP contribution in [0.2, 0.25) is 5.02 Å². The molecule has 0 fully saturated rings. The van der Waals surface area contributed by atoms with Crippen molar-refractivity contribution in [1.29, 1.82) is 0 Å². The van der Waals surface area contributed by atoms with Gasteiger partial charge in [-0.25, -0.2) is 8.42 Å². The Kier molecular flexibility index (Phi) is 6.86. The highest BCUT2D eigenvalue weighted by Gasteiger charge is 2.16. The van der Waals surface area contributed by atoms with Crippen molar-refractivity contribution in [2.45, 2.75) is 6.42 Å². The van der Waals surface area contributed by atoms with Crippen LogP contribution in [-0.2, 0) is 14.8 Å². The van der Waals surface area contributed by atoms with Crippen LogP contribution >= 0.6 is 11.6 Å². The van der Waals surface area contributed by atoms with Gasteiger partial charge in [-0.2, -0.15) is 4.31 Å². The van der Waals surface area contributed by atoms with Crippen LogP contribution in [0.25, 0.3) is 0 Å². The van der Waals surface area contributed by atoms with E-state index in [-0.39, 0.29) is 25.4 Å². The molecule has 1 aromatic rings. The number of rotatable bonds is 8.